The molecule has 1 heterocycles. The first-order valence-corrected chi connectivity index (χ1v) is 6.41. The molecular formula is C14H20O5. The third-order valence-electron chi connectivity index (χ3n) is 2.98. The molecule has 0 fully saturated rings. The van der Waals surface area contributed by atoms with Gasteiger partial charge in [-0.3, -0.25) is 0 Å². The molecule has 0 aromatic heterocycles. The lowest BCUT2D eigenvalue weighted by Crippen LogP contribution is -2.34. The number of benzene rings is 1. The largest absolute Gasteiger partial charge is 0.490 e. The van der Waals surface area contributed by atoms with E-state index in [0.29, 0.717) is 33.0 Å². The van der Waals surface area contributed by atoms with Crippen LogP contribution in [0.4, 0.5) is 0 Å². The second kappa shape index (κ2) is 7.45. The van der Waals surface area contributed by atoms with Crippen molar-refractivity contribution < 1.29 is 24.1 Å². The molecule has 1 aromatic carbocycles. The Morgan fingerprint density at radius 2 is 2.00 bits per heavy atom. The summed E-state index contributed by atoms with van der Waals surface area (Å²) in [7, 11) is 1.63. The van der Waals surface area contributed by atoms with Crippen LogP contribution in [0.25, 0.3) is 0 Å². The summed E-state index contributed by atoms with van der Waals surface area (Å²) in [6.07, 6.45) is -0.996. The van der Waals surface area contributed by atoms with Gasteiger partial charge in [0.1, 0.15) is 24.6 Å². The highest BCUT2D eigenvalue weighted by Gasteiger charge is 2.29. The van der Waals surface area contributed by atoms with Crippen molar-refractivity contribution in [3.8, 4) is 5.75 Å². The van der Waals surface area contributed by atoms with Crippen LogP contribution in [-0.4, -0.2) is 51.4 Å². The molecule has 2 rings (SSSR count). The van der Waals surface area contributed by atoms with Gasteiger partial charge in [-0.2, -0.15) is 0 Å². The number of para-hydroxylation sites is 1. The zero-order valence-electron chi connectivity index (χ0n) is 11.1. The van der Waals surface area contributed by atoms with Crippen molar-refractivity contribution in [2.24, 2.45) is 0 Å². The molecule has 1 aliphatic rings. The van der Waals surface area contributed by atoms with Crippen molar-refractivity contribution in [2.75, 3.05) is 40.1 Å². The van der Waals surface area contributed by atoms with Crippen LogP contribution in [0.2, 0.25) is 0 Å². The smallest absolute Gasteiger partial charge is 0.125 e. The second-order valence-electron chi connectivity index (χ2n) is 4.31. The quantitative estimate of drug-likeness (QED) is 0.752. The summed E-state index contributed by atoms with van der Waals surface area (Å²) in [6, 6.07) is 7.46. The summed E-state index contributed by atoms with van der Waals surface area (Å²) < 4.78 is 21.3. The minimum Gasteiger partial charge on any atom is -0.490 e. The predicted molar refractivity (Wildman–Crippen MR) is 69.3 cm³/mol. The summed E-state index contributed by atoms with van der Waals surface area (Å²) in [5, 5.41) is 10.2. The fourth-order valence-corrected chi connectivity index (χ4v) is 1.96. The molecule has 0 amide bonds. The fraction of sp³-hybridized carbons (Fsp3) is 0.571. The molecule has 0 saturated carbocycles. The Hall–Kier alpha value is -1.14. The lowest BCUT2D eigenvalue weighted by Gasteiger charge is -2.30. The fourth-order valence-electron chi connectivity index (χ4n) is 1.96. The molecule has 0 aliphatic carbocycles. The minimum atomic E-state index is -0.649. The van der Waals surface area contributed by atoms with Crippen LogP contribution in [0.15, 0.2) is 24.3 Å². The number of hydrogen-bond donors (Lipinski definition) is 1. The Balaban J connectivity index is 1.74. The third-order valence-corrected chi connectivity index (χ3v) is 2.98. The van der Waals surface area contributed by atoms with Gasteiger partial charge in [0.15, 0.2) is 0 Å². The molecule has 0 spiro atoms. The van der Waals surface area contributed by atoms with Gasteiger partial charge in [0.05, 0.1) is 26.4 Å². The van der Waals surface area contributed by atoms with Crippen LogP contribution in [-0.2, 0) is 14.2 Å². The number of aliphatic hydroxyl groups excluding tert-OH is 1. The van der Waals surface area contributed by atoms with E-state index >= 15 is 0 Å². The van der Waals surface area contributed by atoms with Crippen LogP contribution in [0.3, 0.4) is 0 Å². The van der Waals surface area contributed by atoms with Gasteiger partial charge in [-0.1, -0.05) is 18.2 Å². The van der Waals surface area contributed by atoms with Crippen molar-refractivity contribution in [3.63, 3.8) is 0 Å². The van der Waals surface area contributed by atoms with Crippen molar-refractivity contribution in [1.29, 1.82) is 0 Å². The molecule has 0 saturated heterocycles. The summed E-state index contributed by atoms with van der Waals surface area (Å²) in [5.41, 5.74) is 0.777. The Bertz CT molecular complexity index is 382. The summed E-state index contributed by atoms with van der Waals surface area (Å²) in [5.74, 6) is 0.728. The zero-order chi connectivity index (χ0) is 13.5. The van der Waals surface area contributed by atoms with Crippen LogP contribution in [0.1, 0.15) is 11.7 Å². The van der Waals surface area contributed by atoms with Gasteiger partial charge in [-0.25, -0.2) is 0 Å². The van der Waals surface area contributed by atoms with E-state index in [0.717, 1.165) is 11.3 Å². The van der Waals surface area contributed by atoms with Gasteiger partial charge < -0.3 is 24.1 Å². The van der Waals surface area contributed by atoms with Crippen LogP contribution >= 0.6 is 0 Å². The topological polar surface area (TPSA) is 57.2 Å². The maximum atomic E-state index is 10.2. The van der Waals surface area contributed by atoms with E-state index in [-0.39, 0.29) is 6.10 Å². The Kier molecular flexibility index (Phi) is 5.60. The van der Waals surface area contributed by atoms with E-state index in [4.69, 9.17) is 18.9 Å². The van der Waals surface area contributed by atoms with E-state index in [1.807, 2.05) is 24.3 Å². The monoisotopic (exact) mass is 268 g/mol. The van der Waals surface area contributed by atoms with Crippen molar-refractivity contribution in [2.45, 2.75) is 12.2 Å². The SMILES string of the molecule is COCCOCCOC1COc2ccccc2C1O. The lowest BCUT2D eigenvalue weighted by molar-refractivity contribution is -0.0866. The van der Waals surface area contributed by atoms with Crippen molar-refractivity contribution in [3.05, 3.63) is 29.8 Å². The van der Waals surface area contributed by atoms with Gasteiger partial charge in [0.25, 0.3) is 0 Å². The summed E-state index contributed by atoms with van der Waals surface area (Å²) >= 11 is 0. The van der Waals surface area contributed by atoms with Crippen LogP contribution in [0, 0.1) is 0 Å². The number of methoxy groups -OCH3 is 1. The van der Waals surface area contributed by atoms with Gasteiger partial charge in [-0.15, -0.1) is 0 Å². The summed E-state index contributed by atoms with van der Waals surface area (Å²) in [4.78, 5) is 0. The molecule has 19 heavy (non-hydrogen) atoms. The number of ether oxygens (including phenoxy) is 4. The normalized spacial score (nSPS) is 21.8. The van der Waals surface area contributed by atoms with E-state index in [9.17, 15) is 5.11 Å². The van der Waals surface area contributed by atoms with Crippen molar-refractivity contribution in [1.82, 2.24) is 0 Å². The number of hydrogen-bond acceptors (Lipinski definition) is 5. The minimum absolute atomic E-state index is 0.346. The van der Waals surface area contributed by atoms with Gasteiger partial charge in [0.2, 0.25) is 0 Å². The molecule has 5 nitrogen and oxygen atoms in total. The lowest BCUT2D eigenvalue weighted by atomic mass is 10.0. The first-order valence-electron chi connectivity index (χ1n) is 6.41. The van der Waals surface area contributed by atoms with Crippen molar-refractivity contribution >= 4 is 0 Å². The van der Waals surface area contributed by atoms with E-state index in [1.54, 1.807) is 7.11 Å². The van der Waals surface area contributed by atoms with Gasteiger partial charge in [-0.05, 0) is 6.07 Å². The molecule has 106 valence electrons. The predicted octanol–water partition coefficient (Wildman–Crippen LogP) is 1.16. The highest BCUT2D eigenvalue weighted by atomic mass is 16.6. The Morgan fingerprint density at radius 3 is 2.84 bits per heavy atom. The third kappa shape index (κ3) is 3.91. The summed E-state index contributed by atoms with van der Waals surface area (Å²) in [6.45, 7) is 2.39. The highest BCUT2D eigenvalue weighted by Crippen LogP contribution is 2.32. The Labute approximate surface area is 113 Å². The van der Waals surface area contributed by atoms with E-state index < -0.39 is 6.10 Å². The highest BCUT2D eigenvalue weighted by molar-refractivity contribution is 5.37. The molecule has 0 radical (unpaired) electrons. The molecule has 2 unspecified atom stereocenters. The number of rotatable bonds is 7. The van der Waals surface area contributed by atoms with Gasteiger partial charge >= 0.3 is 0 Å². The molecule has 1 aromatic rings. The van der Waals surface area contributed by atoms with Crippen LogP contribution in [0.5, 0.6) is 5.75 Å². The average molecular weight is 268 g/mol. The average Bonchev–Trinajstić information content (AvgIpc) is 2.45. The maximum Gasteiger partial charge on any atom is 0.125 e. The molecule has 1 aliphatic heterocycles. The molecule has 0 bridgehead atoms. The number of aliphatic hydroxyl groups is 1. The van der Waals surface area contributed by atoms with Gasteiger partial charge in [0, 0.05) is 12.7 Å². The van der Waals surface area contributed by atoms with E-state index in [2.05, 4.69) is 0 Å². The molecule has 1 N–H and O–H groups in total. The Morgan fingerprint density at radius 1 is 1.21 bits per heavy atom. The first-order chi connectivity index (χ1) is 9.33. The van der Waals surface area contributed by atoms with E-state index in [1.165, 1.54) is 0 Å². The maximum absolute atomic E-state index is 10.2. The second-order valence-corrected chi connectivity index (χ2v) is 4.31. The zero-order valence-corrected chi connectivity index (χ0v) is 11.1. The molecular weight excluding hydrogens is 248 g/mol. The van der Waals surface area contributed by atoms with Crippen LogP contribution < -0.4 is 4.74 Å². The molecule has 5 heteroatoms. The standard InChI is InChI=1S/C14H20O5/c1-16-6-7-17-8-9-18-13-10-19-12-5-3-2-4-11(12)14(13)15/h2-5,13-15H,6-10H2,1H3. The first kappa shape index (κ1) is 14.3. The molecule has 2 atom stereocenters. The number of fused-ring (bicyclic) bond motifs is 1.